The molecule has 0 N–H and O–H groups in total. The Labute approximate surface area is 149 Å². The fraction of sp³-hybridized carbons (Fsp3) is 0.333. The minimum Gasteiger partial charge on any atom is -0.484 e. The third-order valence-corrected chi connectivity index (χ3v) is 4.71. The number of halogens is 1. The van der Waals surface area contributed by atoms with Gasteiger partial charge in [0, 0.05) is 37.6 Å². The summed E-state index contributed by atoms with van der Waals surface area (Å²) in [5, 5.41) is 2.18. The van der Waals surface area contributed by atoms with Gasteiger partial charge in [0.15, 0.2) is 6.61 Å². The number of piperazine rings is 1. The van der Waals surface area contributed by atoms with Crippen LogP contribution >= 0.6 is 15.9 Å². The molecule has 126 valence electrons. The maximum atomic E-state index is 12.2. The first-order valence-electron chi connectivity index (χ1n) is 7.88. The second-order valence-corrected chi connectivity index (χ2v) is 6.74. The lowest BCUT2D eigenvalue weighted by atomic mass is 10.1. The lowest BCUT2D eigenvalue weighted by Crippen LogP contribution is -2.51. The Morgan fingerprint density at radius 1 is 1.00 bits per heavy atom. The number of hydrogen-bond acceptors (Lipinski definition) is 3. The molecule has 0 unspecified atom stereocenters. The molecule has 0 atom stereocenters. The van der Waals surface area contributed by atoms with Gasteiger partial charge in [-0.3, -0.25) is 9.59 Å². The second kappa shape index (κ2) is 7.21. The van der Waals surface area contributed by atoms with Crippen LogP contribution in [0, 0.1) is 0 Å². The average Bonchev–Trinajstić information content (AvgIpc) is 2.59. The molecule has 0 bridgehead atoms. The SMILES string of the molecule is CC(=O)N1CCN(C(=O)COc2ccc3cc(Br)ccc3c2)CC1. The van der Waals surface area contributed by atoms with Gasteiger partial charge in [0.2, 0.25) is 5.91 Å². The van der Waals surface area contributed by atoms with Gasteiger partial charge < -0.3 is 14.5 Å². The van der Waals surface area contributed by atoms with Crippen LogP contribution in [0.4, 0.5) is 0 Å². The predicted octanol–water partition coefficient (Wildman–Crippen LogP) is 2.67. The quantitative estimate of drug-likeness (QED) is 0.809. The van der Waals surface area contributed by atoms with Crippen molar-refractivity contribution in [2.45, 2.75) is 6.92 Å². The van der Waals surface area contributed by atoms with Crippen molar-refractivity contribution in [3.05, 3.63) is 40.9 Å². The highest BCUT2D eigenvalue weighted by Crippen LogP contribution is 2.24. The van der Waals surface area contributed by atoms with Crippen LogP contribution in [-0.4, -0.2) is 54.4 Å². The molecule has 0 aromatic heterocycles. The number of hydrogen-bond donors (Lipinski definition) is 0. The molecule has 6 heteroatoms. The summed E-state index contributed by atoms with van der Waals surface area (Å²) in [4.78, 5) is 27.1. The van der Waals surface area contributed by atoms with Crippen LogP contribution in [-0.2, 0) is 9.59 Å². The van der Waals surface area contributed by atoms with E-state index in [4.69, 9.17) is 4.74 Å². The van der Waals surface area contributed by atoms with E-state index in [9.17, 15) is 9.59 Å². The average molecular weight is 391 g/mol. The number of benzene rings is 2. The highest BCUT2D eigenvalue weighted by atomic mass is 79.9. The molecule has 0 aliphatic carbocycles. The van der Waals surface area contributed by atoms with E-state index in [1.807, 2.05) is 36.4 Å². The number of fused-ring (bicyclic) bond motifs is 1. The molecule has 0 spiro atoms. The molecule has 2 aromatic carbocycles. The lowest BCUT2D eigenvalue weighted by Gasteiger charge is -2.34. The molecule has 1 heterocycles. The Kier molecular flexibility index (Phi) is 5.04. The van der Waals surface area contributed by atoms with Crippen LogP contribution in [0.1, 0.15) is 6.92 Å². The fourth-order valence-electron chi connectivity index (χ4n) is 2.79. The van der Waals surface area contributed by atoms with E-state index in [0.717, 1.165) is 15.2 Å². The standard InChI is InChI=1S/C18H19BrN2O3/c1-13(22)20-6-8-21(9-7-20)18(23)12-24-17-5-3-14-10-16(19)4-2-15(14)11-17/h2-5,10-11H,6-9,12H2,1H3. The molecule has 1 aliphatic rings. The molecule has 1 fully saturated rings. The van der Waals surface area contributed by atoms with E-state index >= 15 is 0 Å². The Morgan fingerprint density at radius 2 is 1.62 bits per heavy atom. The summed E-state index contributed by atoms with van der Waals surface area (Å²) in [6.45, 7) is 3.87. The first kappa shape index (κ1) is 16.8. The number of ether oxygens (including phenoxy) is 1. The summed E-state index contributed by atoms with van der Waals surface area (Å²) >= 11 is 3.45. The molecular weight excluding hydrogens is 372 g/mol. The molecule has 0 radical (unpaired) electrons. The number of amides is 2. The van der Waals surface area contributed by atoms with Gasteiger partial charge in [-0.1, -0.05) is 28.1 Å². The van der Waals surface area contributed by atoms with Gasteiger partial charge in [0.05, 0.1) is 0 Å². The minimum absolute atomic E-state index is 0.0160. The first-order valence-corrected chi connectivity index (χ1v) is 8.67. The zero-order chi connectivity index (χ0) is 17.1. The summed E-state index contributed by atoms with van der Waals surface area (Å²) in [6, 6.07) is 11.8. The van der Waals surface area contributed by atoms with Gasteiger partial charge in [-0.25, -0.2) is 0 Å². The molecule has 1 saturated heterocycles. The maximum Gasteiger partial charge on any atom is 0.260 e. The fourth-order valence-corrected chi connectivity index (χ4v) is 3.17. The molecular formula is C18H19BrN2O3. The van der Waals surface area contributed by atoms with Crippen molar-refractivity contribution in [1.82, 2.24) is 9.80 Å². The van der Waals surface area contributed by atoms with Crippen LogP contribution < -0.4 is 4.74 Å². The molecule has 2 aromatic rings. The number of carbonyl (C=O) groups is 2. The summed E-state index contributed by atoms with van der Waals surface area (Å²) < 4.78 is 6.68. The molecule has 1 aliphatic heterocycles. The Balaban J connectivity index is 1.56. The van der Waals surface area contributed by atoms with Gasteiger partial charge in [-0.05, 0) is 35.0 Å². The highest BCUT2D eigenvalue weighted by Gasteiger charge is 2.22. The van der Waals surface area contributed by atoms with E-state index in [0.29, 0.717) is 31.9 Å². The van der Waals surface area contributed by atoms with E-state index in [2.05, 4.69) is 15.9 Å². The van der Waals surface area contributed by atoms with Gasteiger partial charge in [0.25, 0.3) is 5.91 Å². The Hall–Kier alpha value is -2.08. The van der Waals surface area contributed by atoms with Gasteiger partial charge in [-0.2, -0.15) is 0 Å². The summed E-state index contributed by atoms with van der Waals surface area (Å²) in [7, 11) is 0. The van der Waals surface area contributed by atoms with Gasteiger partial charge in [-0.15, -0.1) is 0 Å². The van der Waals surface area contributed by atoms with Crippen molar-refractivity contribution in [2.75, 3.05) is 32.8 Å². The van der Waals surface area contributed by atoms with Crippen molar-refractivity contribution in [1.29, 1.82) is 0 Å². The smallest absolute Gasteiger partial charge is 0.260 e. The van der Waals surface area contributed by atoms with E-state index < -0.39 is 0 Å². The number of nitrogens with zero attached hydrogens (tertiary/aromatic N) is 2. The normalized spacial score (nSPS) is 14.8. The third-order valence-electron chi connectivity index (χ3n) is 4.21. The number of rotatable bonds is 3. The lowest BCUT2D eigenvalue weighted by molar-refractivity contribution is -0.139. The Morgan fingerprint density at radius 3 is 2.33 bits per heavy atom. The maximum absolute atomic E-state index is 12.2. The Bertz CT molecular complexity index is 770. The van der Waals surface area contributed by atoms with Crippen LogP contribution in [0.15, 0.2) is 40.9 Å². The minimum atomic E-state index is -0.0471. The molecule has 3 rings (SSSR count). The van der Waals surface area contributed by atoms with Crippen LogP contribution in [0.5, 0.6) is 5.75 Å². The first-order chi connectivity index (χ1) is 11.5. The van der Waals surface area contributed by atoms with Gasteiger partial charge >= 0.3 is 0 Å². The zero-order valence-corrected chi connectivity index (χ0v) is 15.1. The second-order valence-electron chi connectivity index (χ2n) is 5.83. The van der Waals surface area contributed by atoms with E-state index in [-0.39, 0.29) is 18.4 Å². The van der Waals surface area contributed by atoms with E-state index in [1.165, 1.54) is 0 Å². The molecule has 0 saturated carbocycles. The van der Waals surface area contributed by atoms with Crippen LogP contribution in [0.2, 0.25) is 0 Å². The van der Waals surface area contributed by atoms with E-state index in [1.54, 1.807) is 16.7 Å². The van der Waals surface area contributed by atoms with Crippen LogP contribution in [0.3, 0.4) is 0 Å². The largest absolute Gasteiger partial charge is 0.484 e. The van der Waals surface area contributed by atoms with Crippen molar-refractivity contribution < 1.29 is 14.3 Å². The van der Waals surface area contributed by atoms with Crippen molar-refractivity contribution >= 4 is 38.5 Å². The predicted molar refractivity (Wildman–Crippen MR) is 96.0 cm³/mol. The third kappa shape index (κ3) is 3.87. The summed E-state index contributed by atoms with van der Waals surface area (Å²) in [5.74, 6) is 0.691. The van der Waals surface area contributed by atoms with Gasteiger partial charge in [0.1, 0.15) is 5.75 Å². The van der Waals surface area contributed by atoms with Crippen molar-refractivity contribution in [2.24, 2.45) is 0 Å². The molecule has 5 nitrogen and oxygen atoms in total. The molecule has 2 amide bonds. The summed E-state index contributed by atoms with van der Waals surface area (Å²) in [5.41, 5.74) is 0. The molecule has 24 heavy (non-hydrogen) atoms. The highest BCUT2D eigenvalue weighted by molar-refractivity contribution is 9.10. The number of carbonyl (C=O) groups excluding carboxylic acids is 2. The van der Waals surface area contributed by atoms with Crippen molar-refractivity contribution in [3.63, 3.8) is 0 Å². The topological polar surface area (TPSA) is 49.9 Å². The van der Waals surface area contributed by atoms with Crippen LogP contribution in [0.25, 0.3) is 10.8 Å². The van der Waals surface area contributed by atoms with Crippen molar-refractivity contribution in [3.8, 4) is 5.75 Å². The summed E-state index contributed by atoms with van der Waals surface area (Å²) in [6.07, 6.45) is 0. The monoisotopic (exact) mass is 390 g/mol. The zero-order valence-electron chi connectivity index (χ0n) is 13.5.